The Morgan fingerprint density at radius 1 is 1.32 bits per heavy atom. The van der Waals surface area contributed by atoms with Gasteiger partial charge in [-0.2, -0.15) is 0 Å². The van der Waals surface area contributed by atoms with E-state index >= 15 is 0 Å². The third kappa shape index (κ3) is 4.35. The number of H-pyrrole nitrogens is 1. The van der Waals surface area contributed by atoms with E-state index in [-0.39, 0.29) is 5.43 Å². The molecule has 0 amide bonds. The Balaban J connectivity index is 1.91. The van der Waals surface area contributed by atoms with Gasteiger partial charge in [0, 0.05) is 37.7 Å². The molecule has 0 bridgehead atoms. The van der Waals surface area contributed by atoms with Crippen LogP contribution in [0.3, 0.4) is 0 Å². The quantitative estimate of drug-likeness (QED) is 0.675. The molecule has 3 N–H and O–H groups in total. The first kappa shape index (κ1) is 17.4. The SMILES string of the molecule is COCCNCc1nc(C)cc2[nH]c(NC3=CCCC=C3)cc(=O)c12. The van der Waals surface area contributed by atoms with Gasteiger partial charge in [0.05, 0.1) is 23.2 Å². The summed E-state index contributed by atoms with van der Waals surface area (Å²) in [6, 6.07) is 3.51. The summed E-state index contributed by atoms with van der Waals surface area (Å²) < 4.78 is 5.03. The Kier molecular flexibility index (Phi) is 5.63. The van der Waals surface area contributed by atoms with Crippen molar-refractivity contribution >= 4 is 16.7 Å². The number of fused-ring (bicyclic) bond motifs is 1. The lowest BCUT2D eigenvalue weighted by Crippen LogP contribution is -2.21. The number of nitrogens with one attached hydrogen (secondary N) is 3. The van der Waals surface area contributed by atoms with Gasteiger partial charge in [0.15, 0.2) is 5.43 Å². The number of nitrogens with zero attached hydrogens (tertiary/aromatic N) is 1. The molecule has 2 aromatic heterocycles. The molecular weight excluding hydrogens is 316 g/mol. The predicted molar refractivity (Wildman–Crippen MR) is 101 cm³/mol. The maximum atomic E-state index is 12.7. The number of anilines is 1. The Morgan fingerprint density at radius 2 is 2.20 bits per heavy atom. The lowest BCUT2D eigenvalue weighted by molar-refractivity contribution is 0.199. The highest BCUT2D eigenvalue weighted by Crippen LogP contribution is 2.18. The van der Waals surface area contributed by atoms with Gasteiger partial charge in [-0.15, -0.1) is 0 Å². The number of allylic oxidation sites excluding steroid dienone is 3. The summed E-state index contributed by atoms with van der Waals surface area (Å²) >= 11 is 0. The smallest absolute Gasteiger partial charge is 0.193 e. The van der Waals surface area contributed by atoms with Crippen LogP contribution in [0.15, 0.2) is 40.9 Å². The van der Waals surface area contributed by atoms with Gasteiger partial charge in [0.25, 0.3) is 0 Å². The molecule has 0 saturated carbocycles. The van der Waals surface area contributed by atoms with Gasteiger partial charge < -0.3 is 20.4 Å². The number of aryl methyl sites for hydroxylation is 1. The van der Waals surface area contributed by atoms with Crippen molar-refractivity contribution in [3.05, 3.63) is 57.7 Å². The van der Waals surface area contributed by atoms with Crippen molar-refractivity contribution in [2.24, 2.45) is 0 Å². The molecule has 132 valence electrons. The number of aromatic amines is 1. The van der Waals surface area contributed by atoms with Gasteiger partial charge in [0.1, 0.15) is 5.82 Å². The Hall–Kier alpha value is -2.44. The molecule has 0 aliphatic heterocycles. The van der Waals surface area contributed by atoms with E-state index in [0.29, 0.717) is 30.9 Å². The summed E-state index contributed by atoms with van der Waals surface area (Å²) in [5.74, 6) is 0.694. The van der Waals surface area contributed by atoms with Gasteiger partial charge in [-0.1, -0.05) is 12.2 Å². The molecule has 25 heavy (non-hydrogen) atoms. The third-order valence-corrected chi connectivity index (χ3v) is 4.06. The molecule has 0 saturated heterocycles. The molecule has 0 atom stereocenters. The fourth-order valence-electron chi connectivity index (χ4n) is 2.93. The molecule has 2 heterocycles. The van der Waals surface area contributed by atoms with Crippen LogP contribution in [0, 0.1) is 6.92 Å². The molecule has 1 aliphatic rings. The summed E-state index contributed by atoms with van der Waals surface area (Å²) in [4.78, 5) is 20.5. The van der Waals surface area contributed by atoms with E-state index < -0.39 is 0 Å². The molecule has 0 spiro atoms. The highest BCUT2D eigenvalue weighted by Gasteiger charge is 2.10. The molecule has 0 fully saturated rings. The molecule has 0 unspecified atom stereocenters. The van der Waals surface area contributed by atoms with Gasteiger partial charge in [-0.25, -0.2) is 0 Å². The van der Waals surface area contributed by atoms with Gasteiger partial charge >= 0.3 is 0 Å². The summed E-state index contributed by atoms with van der Waals surface area (Å²) in [6.45, 7) is 3.80. The van der Waals surface area contributed by atoms with E-state index in [1.165, 1.54) is 0 Å². The Bertz CT molecular complexity index is 868. The average molecular weight is 340 g/mol. The minimum absolute atomic E-state index is 0.0346. The summed E-state index contributed by atoms with van der Waals surface area (Å²) in [5, 5.41) is 7.17. The Labute approximate surface area is 147 Å². The number of rotatable bonds is 7. The largest absolute Gasteiger partial charge is 0.383 e. The van der Waals surface area contributed by atoms with Gasteiger partial charge in [-0.3, -0.25) is 9.78 Å². The minimum atomic E-state index is -0.0346. The summed E-state index contributed by atoms with van der Waals surface area (Å²) in [6.07, 6.45) is 8.36. The third-order valence-electron chi connectivity index (χ3n) is 4.06. The number of hydrogen-bond donors (Lipinski definition) is 3. The first-order valence-corrected chi connectivity index (χ1v) is 8.54. The van der Waals surface area contributed by atoms with E-state index in [4.69, 9.17) is 4.74 Å². The van der Waals surface area contributed by atoms with Crippen LogP contribution in [0.25, 0.3) is 10.9 Å². The zero-order valence-electron chi connectivity index (χ0n) is 14.7. The maximum Gasteiger partial charge on any atom is 0.193 e. The van der Waals surface area contributed by atoms with E-state index in [1.807, 2.05) is 19.1 Å². The molecule has 3 rings (SSSR count). The number of aromatic nitrogens is 2. The Morgan fingerprint density at radius 3 is 2.96 bits per heavy atom. The number of hydrogen-bond acceptors (Lipinski definition) is 5. The zero-order valence-corrected chi connectivity index (χ0v) is 14.7. The van der Waals surface area contributed by atoms with Crippen LogP contribution >= 0.6 is 0 Å². The van der Waals surface area contributed by atoms with Crippen LogP contribution < -0.4 is 16.1 Å². The highest BCUT2D eigenvalue weighted by atomic mass is 16.5. The first-order valence-electron chi connectivity index (χ1n) is 8.54. The minimum Gasteiger partial charge on any atom is -0.383 e. The van der Waals surface area contributed by atoms with Crippen molar-refractivity contribution in [1.82, 2.24) is 15.3 Å². The lowest BCUT2D eigenvalue weighted by Gasteiger charge is -2.13. The second-order valence-electron chi connectivity index (χ2n) is 6.11. The van der Waals surface area contributed by atoms with Crippen molar-refractivity contribution in [3.8, 4) is 0 Å². The molecule has 6 nitrogen and oxygen atoms in total. The number of ether oxygens (including phenoxy) is 1. The standard InChI is InChI=1S/C19H24N4O2/c1-13-10-15-19(16(21-13)12-20-8-9-25-2)17(24)11-18(23-15)22-14-6-4-3-5-7-14/h4,6-7,10-11,20H,3,5,8-9,12H2,1-2H3,(H2,22,23,24). The van der Waals surface area contributed by atoms with Crippen LogP contribution in [0.2, 0.25) is 0 Å². The average Bonchev–Trinajstić information content (AvgIpc) is 2.59. The van der Waals surface area contributed by atoms with Crippen LogP contribution in [0.5, 0.6) is 0 Å². The second-order valence-corrected chi connectivity index (χ2v) is 6.11. The highest BCUT2D eigenvalue weighted by molar-refractivity contribution is 5.83. The normalized spacial score (nSPS) is 13.9. The van der Waals surface area contributed by atoms with E-state index in [2.05, 4.69) is 32.8 Å². The van der Waals surface area contributed by atoms with Crippen molar-refractivity contribution in [1.29, 1.82) is 0 Å². The first-order chi connectivity index (χ1) is 12.2. The van der Waals surface area contributed by atoms with Crippen molar-refractivity contribution in [2.75, 3.05) is 25.6 Å². The number of methoxy groups -OCH3 is 1. The number of pyridine rings is 2. The predicted octanol–water partition coefficient (Wildman–Crippen LogP) is 2.61. The molecule has 0 aromatic carbocycles. The van der Waals surface area contributed by atoms with Crippen LogP contribution in [-0.4, -0.2) is 30.2 Å². The molecule has 0 radical (unpaired) electrons. The van der Waals surface area contributed by atoms with Crippen molar-refractivity contribution in [3.63, 3.8) is 0 Å². The zero-order chi connectivity index (χ0) is 17.6. The topological polar surface area (TPSA) is 79.0 Å². The lowest BCUT2D eigenvalue weighted by atomic mass is 10.1. The second kappa shape index (κ2) is 8.09. The molecule has 6 heteroatoms. The van der Waals surface area contributed by atoms with Crippen LogP contribution in [0.1, 0.15) is 24.2 Å². The maximum absolute atomic E-state index is 12.7. The summed E-state index contributed by atoms with van der Waals surface area (Å²) in [7, 11) is 1.66. The van der Waals surface area contributed by atoms with E-state index in [1.54, 1.807) is 13.2 Å². The molecule has 1 aliphatic carbocycles. The van der Waals surface area contributed by atoms with E-state index in [9.17, 15) is 4.79 Å². The van der Waals surface area contributed by atoms with Crippen LogP contribution in [0.4, 0.5) is 5.82 Å². The molecule has 2 aromatic rings. The molecular formula is C19H24N4O2. The fraction of sp³-hybridized carbons (Fsp3) is 0.368. The van der Waals surface area contributed by atoms with E-state index in [0.717, 1.165) is 35.4 Å². The van der Waals surface area contributed by atoms with Gasteiger partial charge in [0.2, 0.25) is 0 Å². The van der Waals surface area contributed by atoms with Gasteiger partial charge in [-0.05, 0) is 31.9 Å². The fourth-order valence-corrected chi connectivity index (χ4v) is 2.93. The summed E-state index contributed by atoms with van der Waals surface area (Å²) in [5.41, 5.74) is 3.41. The monoisotopic (exact) mass is 340 g/mol. The van der Waals surface area contributed by atoms with Crippen LogP contribution in [-0.2, 0) is 11.3 Å². The van der Waals surface area contributed by atoms with Crippen molar-refractivity contribution < 1.29 is 4.74 Å². The van der Waals surface area contributed by atoms with Crippen molar-refractivity contribution in [2.45, 2.75) is 26.3 Å².